The summed E-state index contributed by atoms with van der Waals surface area (Å²) in [7, 11) is 1.88. The van der Waals surface area contributed by atoms with Gasteiger partial charge in [0.05, 0.1) is 5.69 Å². The van der Waals surface area contributed by atoms with E-state index in [-0.39, 0.29) is 24.0 Å². The molecule has 0 bridgehead atoms. The van der Waals surface area contributed by atoms with Crippen LogP contribution in [-0.2, 0) is 6.54 Å². The van der Waals surface area contributed by atoms with Crippen LogP contribution in [0.5, 0.6) is 0 Å². The van der Waals surface area contributed by atoms with Crippen molar-refractivity contribution in [1.82, 2.24) is 20.5 Å². The van der Waals surface area contributed by atoms with Gasteiger partial charge in [0.2, 0.25) is 0 Å². The Hall–Kier alpha value is -0.890. The second-order valence-electron chi connectivity index (χ2n) is 8.44. The summed E-state index contributed by atoms with van der Waals surface area (Å²) in [5.41, 5.74) is 1.17. The van der Waals surface area contributed by atoms with Crippen LogP contribution in [-0.4, -0.2) is 48.6 Å². The molecule has 0 radical (unpaired) electrons. The van der Waals surface area contributed by atoms with Crippen molar-refractivity contribution in [3.8, 4) is 0 Å². The van der Waals surface area contributed by atoms with Gasteiger partial charge in [-0.05, 0) is 49.7 Å². The van der Waals surface area contributed by atoms with Gasteiger partial charge in [-0.1, -0.05) is 32.3 Å². The molecule has 1 aromatic heterocycles. The molecule has 2 unspecified atom stereocenters. The van der Waals surface area contributed by atoms with E-state index in [0.29, 0.717) is 6.04 Å². The molecule has 1 aromatic rings. The maximum Gasteiger partial charge on any atom is 0.191 e. The molecule has 1 saturated carbocycles. The van der Waals surface area contributed by atoms with Crippen LogP contribution in [0.25, 0.3) is 0 Å². The highest BCUT2D eigenvalue weighted by Crippen LogP contribution is 2.30. The zero-order chi connectivity index (χ0) is 18.9. The number of hydrogen-bond acceptors (Lipinski definition) is 3. The van der Waals surface area contributed by atoms with Gasteiger partial charge in [0.1, 0.15) is 0 Å². The lowest BCUT2D eigenvalue weighted by Crippen LogP contribution is -2.48. The molecule has 2 heterocycles. The van der Waals surface area contributed by atoms with Gasteiger partial charge in [-0.25, -0.2) is 0 Å². The van der Waals surface area contributed by atoms with E-state index in [1.165, 1.54) is 37.8 Å². The SMILES string of the molecule is CN=C(NCCC1CCCC(C)C1)NC1CCN(Cc2ccccn2)CC1.I. The monoisotopic (exact) mass is 499 g/mol. The number of likely N-dealkylation sites (tertiary alicyclic amines) is 1. The van der Waals surface area contributed by atoms with Crippen molar-refractivity contribution in [3.63, 3.8) is 0 Å². The number of hydrogen-bond donors (Lipinski definition) is 2. The minimum Gasteiger partial charge on any atom is -0.356 e. The Labute approximate surface area is 188 Å². The molecule has 1 saturated heterocycles. The first kappa shape index (κ1) is 23.4. The van der Waals surface area contributed by atoms with E-state index in [1.54, 1.807) is 0 Å². The number of aromatic nitrogens is 1. The van der Waals surface area contributed by atoms with Crippen LogP contribution in [0, 0.1) is 11.8 Å². The predicted octanol–water partition coefficient (Wildman–Crippen LogP) is 4.05. The lowest BCUT2D eigenvalue weighted by molar-refractivity contribution is 0.196. The third-order valence-electron chi connectivity index (χ3n) is 6.15. The number of aliphatic imine (C=N–C) groups is 1. The van der Waals surface area contributed by atoms with E-state index in [9.17, 15) is 0 Å². The average Bonchev–Trinajstić information content (AvgIpc) is 2.69. The zero-order valence-electron chi connectivity index (χ0n) is 17.6. The number of halogens is 1. The predicted molar refractivity (Wildman–Crippen MR) is 128 cm³/mol. The van der Waals surface area contributed by atoms with Crippen LogP contribution in [0.15, 0.2) is 29.4 Å². The Morgan fingerprint density at radius 1 is 1.21 bits per heavy atom. The number of nitrogens with one attached hydrogen (secondary N) is 2. The second-order valence-corrected chi connectivity index (χ2v) is 8.44. The highest BCUT2D eigenvalue weighted by Gasteiger charge is 2.21. The molecular weight excluding hydrogens is 461 g/mol. The van der Waals surface area contributed by atoms with Gasteiger partial charge in [-0.2, -0.15) is 0 Å². The third-order valence-corrected chi connectivity index (χ3v) is 6.15. The Morgan fingerprint density at radius 3 is 2.71 bits per heavy atom. The van der Waals surface area contributed by atoms with Crippen molar-refractivity contribution in [2.75, 3.05) is 26.7 Å². The smallest absolute Gasteiger partial charge is 0.191 e. The van der Waals surface area contributed by atoms with Crippen molar-refractivity contribution in [2.24, 2.45) is 16.8 Å². The van der Waals surface area contributed by atoms with E-state index in [2.05, 4.69) is 44.6 Å². The van der Waals surface area contributed by atoms with Crippen LogP contribution < -0.4 is 10.6 Å². The molecular formula is C22H38IN5. The van der Waals surface area contributed by atoms with Crippen molar-refractivity contribution in [2.45, 2.75) is 64.5 Å². The molecule has 0 aromatic carbocycles. The number of nitrogens with zero attached hydrogens (tertiary/aromatic N) is 3. The number of piperidine rings is 1. The number of rotatable bonds is 6. The first-order chi connectivity index (χ1) is 13.2. The van der Waals surface area contributed by atoms with E-state index >= 15 is 0 Å². The van der Waals surface area contributed by atoms with Crippen molar-refractivity contribution < 1.29 is 0 Å². The van der Waals surface area contributed by atoms with Gasteiger partial charge in [-0.15, -0.1) is 24.0 Å². The van der Waals surface area contributed by atoms with Gasteiger partial charge in [0, 0.05) is 45.5 Å². The number of pyridine rings is 1. The first-order valence-corrected chi connectivity index (χ1v) is 10.8. The fourth-order valence-corrected chi connectivity index (χ4v) is 4.56. The highest BCUT2D eigenvalue weighted by atomic mass is 127. The Bertz CT molecular complexity index is 572. The molecule has 2 fully saturated rings. The molecule has 2 aliphatic rings. The van der Waals surface area contributed by atoms with E-state index in [1.807, 2.05) is 19.3 Å². The van der Waals surface area contributed by atoms with Crippen molar-refractivity contribution >= 4 is 29.9 Å². The topological polar surface area (TPSA) is 52.6 Å². The van der Waals surface area contributed by atoms with Crippen LogP contribution >= 0.6 is 24.0 Å². The standard InChI is InChI=1S/C22H37N5.HI/c1-18-6-5-7-19(16-18)9-13-25-22(23-2)26-20-10-14-27(15-11-20)17-21-8-3-4-12-24-21;/h3-4,8,12,18-20H,5-7,9-11,13-17H2,1-2H3,(H2,23,25,26);1H. The minimum atomic E-state index is 0. The summed E-state index contributed by atoms with van der Waals surface area (Å²) in [5, 5.41) is 7.18. The second kappa shape index (κ2) is 12.6. The Morgan fingerprint density at radius 2 is 2.04 bits per heavy atom. The van der Waals surface area contributed by atoms with E-state index < -0.39 is 0 Å². The fraction of sp³-hybridized carbons (Fsp3) is 0.727. The first-order valence-electron chi connectivity index (χ1n) is 10.8. The quantitative estimate of drug-likeness (QED) is 0.353. The molecule has 28 heavy (non-hydrogen) atoms. The molecule has 158 valence electrons. The van der Waals surface area contributed by atoms with Crippen molar-refractivity contribution in [3.05, 3.63) is 30.1 Å². The van der Waals surface area contributed by atoms with Gasteiger partial charge in [-0.3, -0.25) is 14.9 Å². The van der Waals surface area contributed by atoms with Gasteiger partial charge < -0.3 is 10.6 Å². The maximum atomic E-state index is 4.44. The number of guanidine groups is 1. The average molecular weight is 499 g/mol. The Balaban J connectivity index is 0.00000280. The highest BCUT2D eigenvalue weighted by molar-refractivity contribution is 14.0. The fourth-order valence-electron chi connectivity index (χ4n) is 4.56. The third kappa shape index (κ3) is 7.85. The van der Waals surface area contributed by atoms with Crippen molar-refractivity contribution in [1.29, 1.82) is 0 Å². The Kier molecular flexibility index (Phi) is 10.5. The summed E-state index contributed by atoms with van der Waals surface area (Å²) in [6, 6.07) is 6.68. The summed E-state index contributed by atoms with van der Waals surface area (Å²) < 4.78 is 0. The van der Waals surface area contributed by atoms with Gasteiger partial charge in [0.15, 0.2) is 5.96 Å². The van der Waals surface area contributed by atoms with E-state index in [4.69, 9.17) is 0 Å². The molecule has 1 aliphatic carbocycles. The molecule has 0 spiro atoms. The molecule has 1 aliphatic heterocycles. The lowest BCUT2D eigenvalue weighted by atomic mass is 9.81. The summed E-state index contributed by atoms with van der Waals surface area (Å²) in [6.45, 7) is 6.63. The van der Waals surface area contributed by atoms with Gasteiger partial charge in [0.25, 0.3) is 0 Å². The maximum absolute atomic E-state index is 4.44. The molecule has 3 rings (SSSR count). The van der Waals surface area contributed by atoms with Gasteiger partial charge >= 0.3 is 0 Å². The van der Waals surface area contributed by atoms with Crippen LogP contribution in [0.4, 0.5) is 0 Å². The van der Waals surface area contributed by atoms with Crippen LogP contribution in [0.1, 0.15) is 57.6 Å². The summed E-state index contributed by atoms with van der Waals surface area (Å²) in [4.78, 5) is 11.4. The zero-order valence-corrected chi connectivity index (χ0v) is 19.9. The molecule has 0 amide bonds. The summed E-state index contributed by atoms with van der Waals surface area (Å²) in [5.74, 6) is 2.79. The molecule has 2 atom stereocenters. The largest absolute Gasteiger partial charge is 0.356 e. The lowest BCUT2D eigenvalue weighted by Gasteiger charge is -2.33. The van der Waals surface area contributed by atoms with E-state index in [0.717, 1.165) is 56.8 Å². The summed E-state index contributed by atoms with van der Waals surface area (Å²) >= 11 is 0. The molecule has 5 nitrogen and oxygen atoms in total. The summed E-state index contributed by atoms with van der Waals surface area (Å²) in [6.07, 6.45) is 11.1. The normalized spacial score (nSPS) is 24.4. The van der Waals surface area contributed by atoms with Crippen LogP contribution in [0.3, 0.4) is 0 Å². The minimum absolute atomic E-state index is 0. The molecule has 2 N–H and O–H groups in total. The molecule has 6 heteroatoms. The van der Waals surface area contributed by atoms with Crippen LogP contribution in [0.2, 0.25) is 0 Å².